The van der Waals surface area contributed by atoms with Crippen molar-refractivity contribution in [2.24, 2.45) is 0 Å². The maximum Gasteiger partial charge on any atom is 0.274 e. The number of aromatic nitrogens is 3. The number of carbonyl (C=O) groups excluding carboxylic acids is 1. The number of halogens is 1. The predicted octanol–water partition coefficient (Wildman–Crippen LogP) is 4.21. The van der Waals surface area contributed by atoms with E-state index in [0.29, 0.717) is 29.0 Å². The molecule has 0 unspecified atom stereocenters. The minimum absolute atomic E-state index is 0.0726. The van der Waals surface area contributed by atoms with E-state index in [1.54, 1.807) is 24.0 Å². The Morgan fingerprint density at radius 3 is 3.04 bits per heavy atom. The highest BCUT2D eigenvalue weighted by Gasteiger charge is 2.37. The van der Waals surface area contributed by atoms with Crippen molar-refractivity contribution in [3.63, 3.8) is 0 Å². The van der Waals surface area contributed by atoms with Crippen molar-refractivity contribution in [2.75, 3.05) is 12.3 Å². The van der Waals surface area contributed by atoms with Gasteiger partial charge in [-0.2, -0.15) is 4.98 Å². The van der Waals surface area contributed by atoms with E-state index < -0.39 is 0 Å². The topological polar surface area (TPSA) is 75.0 Å². The van der Waals surface area contributed by atoms with Crippen LogP contribution >= 0.6 is 23.4 Å². The van der Waals surface area contributed by atoms with Crippen LogP contribution in [0.3, 0.4) is 0 Å². The number of H-pyrrole nitrogens is 1. The molecule has 1 amide bonds. The van der Waals surface area contributed by atoms with Crippen LogP contribution in [0.25, 0.3) is 11.6 Å². The second-order valence-corrected chi connectivity index (χ2v) is 8.38. The SMILES string of the molecule is O=C1c2ccccc2SC[C@H]2CC[C@@H](c3noc(-c4cc(Cl)c[nH]4)n3)CN12. The Morgan fingerprint density at radius 2 is 2.19 bits per heavy atom. The molecule has 2 atom stereocenters. The second-order valence-electron chi connectivity index (χ2n) is 6.88. The Morgan fingerprint density at radius 1 is 1.30 bits per heavy atom. The monoisotopic (exact) mass is 400 g/mol. The molecule has 2 aliphatic rings. The van der Waals surface area contributed by atoms with Gasteiger partial charge in [0.1, 0.15) is 5.69 Å². The highest BCUT2D eigenvalue weighted by atomic mass is 35.5. The number of amides is 1. The largest absolute Gasteiger partial charge is 0.356 e. The second kappa shape index (κ2) is 6.73. The maximum atomic E-state index is 13.1. The molecule has 6 nitrogen and oxygen atoms in total. The number of nitrogens with one attached hydrogen (secondary N) is 1. The van der Waals surface area contributed by atoms with Crippen LogP contribution in [-0.2, 0) is 0 Å². The zero-order valence-electron chi connectivity index (χ0n) is 14.4. The molecule has 0 aliphatic carbocycles. The molecule has 1 fully saturated rings. The van der Waals surface area contributed by atoms with Crippen molar-refractivity contribution < 1.29 is 9.32 Å². The number of carbonyl (C=O) groups is 1. The molecule has 2 aromatic heterocycles. The van der Waals surface area contributed by atoms with E-state index in [1.165, 1.54) is 0 Å². The quantitative estimate of drug-likeness (QED) is 0.697. The van der Waals surface area contributed by atoms with Gasteiger partial charge in [-0.15, -0.1) is 11.8 Å². The summed E-state index contributed by atoms with van der Waals surface area (Å²) >= 11 is 7.72. The van der Waals surface area contributed by atoms with Gasteiger partial charge in [-0.05, 0) is 31.0 Å². The van der Waals surface area contributed by atoms with Crippen molar-refractivity contribution in [1.29, 1.82) is 0 Å². The number of thioether (sulfide) groups is 1. The average molecular weight is 401 g/mol. The summed E-state index contributed by atoms with van der Waals surface area (Å²) in [6, 6.07) is 9.85. The number of hydrogen-bond donors (Lipinski definition) is 1. The molecular formula is C19H17ClN4O2S. The van der Waals surface area contributed by atoms with Crippen molar-refractivity contribution >= 4 is 29.3 Å². The first kappa shape index (κ1) is 16.9. The van der Waals surface area contributed by atoms with Crippen molar-refractivity contribution in [3.8, 4) is 11.6 Å². The third-order valence-corrected chi connectivity index (χ3v) is 6.64. The summed E-state index contributed by atoms with van der Waals surface area (Å²) in [5, 5.41) is 4.76. The van der Waals surface area contributed by atoms with E-state index in [4.69, 9.17) is 16.1 Å². The number of aromatic amines is 1. The number of piperidine rings is 1. The molecule has 27 heavy (non-hydrogen) atoms. The Hall–Kier alpha value is -2.25. The molecule has 2 aliphatic heterocycles. The highest BCUT2D eigenvalue weighted by Crippen LogP contribution is 2.37. The molecule has 0 radical (unpaired) electrons. The Kier molecular flexibility index (Phi) is 4.21. The van der Waals surface area contributed by atoms with Gasteiger partial charge in [0.2, 0.25) is 0 Å². The fraction of sp³-hybridized carbons (Fsp3) is 0.316. The minimum atomic E-state index is 0.0726. The van der Waals surface area contributed by atoms with Crippen LogP contribution in [0.5, 0.6) is 0 Å². The summed E-state index contributed by atoms with van der Waals surface area (Å²) in [6.45, 7) is 0.614. The molecule has 1 saturated heterocycles. The van der Waals surface area contributed by atoms with Crippen LogP contribution in [0.1, 0.15) is 34.9 Å². The normalized spacial score (nSPS) is 22.3. The number of hydrogen-bond acceptors (Lipinski definition) is 5. The smallest absolute Gasteiger partial charge is 0.274 e. The lowest BCUT2D eigenvalue weighted by Gasteiger charge is -2.37. The highest BCUT2D eigenvalue weighted by molar-refractivity contribution is 7.99. The molecule has 5 rings (SSSR count). The third kappa shape index (κ3) is 3.04. The van der Waals surface area contributed by atoms with Crippen LogP contribution in [0.15, 0.2) is 45.9 Å². The molecule has 0 bridgehead atoms. The van der Waals surface area contributed by atoms with Gasteiger partial charge < -0.3 is 14.4 Å². The molecule has 8 heteroatoms. The fourth-order valence-corrected chi connectivity index (χ4v) is 5.14. The zero-order valence-corrected chi connectivity index (χ0v) is 16.0. The molecule has 1 aromatic carbocycles. The van der Waals surface area contributed by atoms with Crippen molar-refractivity contribution in [2.45, 2.75) is 29.7 Å². The van der Waals surface area contributed by atoms with Gasteiger partial charge in [0, 0.05) is 35.3 Å². The number of fused-ring (bicyclic) bond motifs is 2. The van der Waals surface area contributed by atoms with E-state index >= 15 is 0 Å². The van der Waals surface area contributed by atoms with E-state index in [-0.39, 0.29) is 17.9 Å². The third-order valence-electron chi connectivity index (χ3n) is 5.20. The Balaban J connectivity index is 1.40. The molecule has 4 heterocycles. The van der Waals surface area contributed by atoms with Gasteiger partial charge in [-0.3, -0.25) is 4.79 Å². The summed E-state index contributed by atoms with van der Waals surface area (Å²) < 4.78 is 5.40. The van der Waals surface area contributed by atoms with Crippen LogP contribution < -0.4 is 0 Å². The predicted molar refractivity (Wildman–Crippen MR) is 103 cm³/mol. The van der Waals surface area contributed by atoms with Crippen molar-refractivity contribution in [1.82, 2.24) is 20.0 Å². The van der Waals surface area contributed by atoms with Gasteiger partial charge in [0.15, 0.2) is 5.82 Å². The average Bonchev–Trinajstić information content (AvgIpc) is 3.32. The van der Waals surface area contributed by atoms with Gasteiger partial charge in [0.25, 0.3) is 11.8 Å². The van der Waals surface area contributed by atoms with Gasteiger partial charge in [0.05, 0.1) is 10.6 Å². The first-order chi connectivity index (χ1) is 13.2. The van der Waals surface area contributed by atoms with E-state index in [1.807, 2.05) is 29.2 Å². The van der Waals surface area contributed by atoms with E-state index in [2.05, 4.69) is 15.1 Å². The van der Waals surface area contributed by atoms with Crippen LogP contribution in [-0.4, -0.2) is 44.3 Å². The Bertz CT molecular complexity index is 1000. The summed E-state index contributed by atoms with van der Waals surface area (Å²) in [5.74, 6) is 2.16. The minimum Gasteiger partial charge on any atom is -0.356 e. The Labute approximate surface area is 165 Å². The fourth-order valence-electron chi connectivity index (χ4n) is 3.77. The number of rotatable bonds is 2. The molecule has 0 saturated carbocycles. The summed E-state index contributed by atoms with van der Waals surface area (Å²) in [5.41, 5.74) is 1.49. The van der Waals surface area contributed by atoms with Gasteiger partial charge in [-0.25, -0.2) is 0 Å². The molecule has 1 N–H and O–H groups in total. The summed E-state index contributed by atoms with van der Waals surface area (Å²) in [4.78, 5) is 23.7. The standard InChI is InChI=1S/C19H17ClN4O2S/c20-12-7-15(21-8-12)18-22-17(23-26-18)11-5-6-13-10-27-16-4-2-1-3-14(16)19(25)24(13)9-11/h1-4,7-8,11,13,21H,5-6,9-10H2/t11-,13-/m1/s1. The van der Waals surface area contributed by atoms with Gasteiger partial charge >= 0.3 is 0 Å². The molecular weight excluding hydrogens is 384 g/mol. The van der Waals surface area contributed by atoms with E-state index in [0.717, 1.165) is 29.1 Å². The zero-order chi connectivity index (χ0) is 18.4. The lowest BCUT2D eigenvalue weighted by atomic mass is 9.92. The first-order valence-electron chi connectivity index (χ1n) is 8.90. The number of nitrogens with zero attached hydrogens (tertiary/aromatic N) is 3. The first-order valence-corrected chi connectivity index (χ1v) is 10.3. The van der Waals surface area contributed by atoms with Crippen LogP contribution in [0.2, 0.25) is 5.02 Å². The lowest BCUT2D eigenvalue weighted by molar-refractivity contribution is 0.0611. The van der Waals surface area contributed by atoms with E-state index in [9.17, 15) is 4.79 Å². The van der Waals surface area contributed by atoms with Crippen LogP contribution in [0.4, 0.5) is 0 Å². The molecule has 3 aromatic rings. The summed E-state index contributed by atoms with van der Waals surface area (Å²) in [6.07, 6.45) is 3.56. The molecule has 138 valence electrons. The number of benzene rings is 1. The maximum absolute atomic E-state index is 13.1. The van der Waals surface area contributed by atoms with Crippen molar-refractivity contribution in [3.05, 3.63) is 52.9 Å². The molecule has 0 spiro atoms. The van der Waals surface area contributed by atoms with Gasteiger partial charge in [-0.1, -0.05) is 28.9 Å². The van der Waals surface area contributed by atoms with Crippen LogP contribution in [0, 0.1) is 0 Å². The summed E-state index contributed by atoms with van der Waals surface area (Å²) in [7, 11) is 0. The lowest BCUT2D eigenvalue weighted by Crippen LogP contribution is -2.46.